The molecule has 1 atom stereocenters. The van der Waals surface area contributed by atoms with Gasteiger partial charge in [0.2, 0.25) is 0 Å². The first-order valence-electron chi connectivity index (χ1n) is 6.68. The van der Waals surface area contributed by atoms with Crippen molar-refractivity contribution in [1.82, 2.24) is 5.32 Å². The van der Waals surface area contributed by atoms with Crippen molar-refractivity contribution in [3.63, 3.8) is 0 Å². The van der Waals surface area contributed by atoms with Gasteiger partial charge in [-0.05, 0) is 36.9 Å². The van der Waals surface area contributed by atoms with E-state index in [4.69, 9.17) is 32.7 Å². The van der Waals surface area contributed by atoms with Gasteiger partial charge in [0.1, 0.15) is 24.7 Å². The topological polar surface area (TPSA) is 30.5 Å². The lowest BCUT2D eigenvalue weighted by molar-refractivity contribution is 0.298. The molecule has 21 heavy (non-hydrogen) atoms. The molecule has 0 aromatic heterocycles. The number of ether oxygens (including phenoxy) is 2. The highest BCUT2D eigenvalue weighted by Gasteiger charge is 2.22. The summed E-state index contributed by atoms with van der Waals surface area (Å²) in [4.78, 5) is 0. The summed E-state index contributed by atoms with van der Waals surface area (Å²) in [7, 11) is 1.93. The van der Waals surface area contributed by atoms with Gasteiger partial charge in [0.05, 0.1) is 16.1 Å². The van der Waals surface area contributed by atoms with E-state index < -0.39 is 0 Å². The second-order valence-corrected chi connectivity index (χ2v) is 5.70. The van der Waals surface area contributed by atoms with Crippen LogP contribution in [0.2, 0.25) is 10.0 Å². The first-order valence-corrected chi connectivity index (χ1v) is 7.43. The molecule has 2 aromatic rings. The van der Waals surface area contributed by atoms with E-state index in [-0.39, 0.29) is 6.04 Å². The molecule has 5 heteroatoms. The van der Waals surface area contributed by atoms with Gasteiger partial charge in [-0.2, -0.15) is 0 Å². The summed E-state index contributed by atoms with van der Waals surface area (Å²) in [5.41, 5.74) is 2.14. The molecule has 2 aromatic carbocycles. The Morgan fingerprint density at radius 3 is 2.81 bits per heavy atom. The van der Waals surface area contributed by atoms with Gasteiger partial charge in [0.25, 0.3) is 0 Å². The molecule has 0 aliphatic carbocycles. The molecule has 110 valence electrons. The van der Waals surface area contributed by atoms with Crippen molar-refractivity contribution in [1.29, 1.82) is 0 Å². The van der Waals surface area contributed by atoms with Crippen molar-refractivity contribution < 1.29 is 9.47 Å². The highest BCUT2D eigenvalue weighted by molar-refractivity contribution is 6.42. The molecule has 0 saturated carbocycles. The number of halogens is 2. The van der Waals surface area contributed by atoms with Gasteiger partial charge >= 0.3 is 0 Å². The zero-order chi connectivity index (χ0) is 14.8. The van der Waals surface area contributed by atoms with Gasteiger partial charge < -0.3 is 14.8 Å². The lowest BCUT2D eigenvalue weighted by Crippen LogP contribution is -2.17. The molecule has 3 rings (SSSR count). The summed E-state index contributed by atoms with van der Waals surface area (Å²) in [6.45, 7) is 1.09. The number of hydrogen-bond donors (Lipinski definition) is 1. The lowest BCUT2D eigenvalue weighted by Gasteiger charge is -2.09. The summed E-state index contributed by atoms with van der Waals surface area (Å²) < 4.78 is 11.4. The zero-order valence-electron chi connectivity index (χ0n) is 11.5. The molecule has 0 amide bonds. The van der Waals surface area contributed by atoms with Crippen LogP contribution in [0.1, 0.15) is 17.2 Å². The number of hydrogen-bond acceptors (Lipinski definition) is 3. The Kier molecular flexibility index (Phi) is 4.24. The number of fused-ring (bicyclic) bond motifs is 1. The van der Waals surface area contributed by atoms with Crippen LogP contribution in [0.4, 0.5) is 0 Å². The molecular formula is C16H15Cl2NO2. The predicted octanol–water partition coefficient (Wildman–Crippen LogP) is 4.23. The molecule has 0 bridgehead atoms. The average molecular weight is 324 g/mol. The molecule has 1 unspecified atom stereocenters. The summed E-state index contributed by atoms with van der Waals surface area (Å²) in [5.74, 6) is 1.65. The average Bonchev–Trinajstić information content (AvgIpc) is 2.90. The van der Waals surface area contributed by atoms with E-state index in [2.05, 4.69) is 5.32 Å². The van der Waals surface area contributed by atoms with Crippen LogP contribution >= 0.6 is 23.2 Å². The van der Waals surface area contributed by atoms with Crippen LogP contribution in [0, 0.1) is 0 Å². The Morgan fingerprint density at radius 1 is 1.19 bits per heavy atom. The molecule has 0 fully saturated rings. The summed E-state index contributed by atoms with van der Waals surface area (Å²) in [6.07, 6.45) is 0. The van der Waals surface area contributed by atoms with E-state index in [1.807, 2.05) is 37.4 Å². The van der Waals surface area contributed by atoms with E-state index >= 15 is 0 Å². The van der Waals surface area contributed by atoms with Gasteiger partial charge in [0, 0.05) is 11.6 Å². The number of rotatable bonds is 4. The van der Waals surface area contributed by atoms with E-state index in [0.717, 1.165) is 17.1 Å². The van der Waals surface area contributed by atoms with E-state index in [0.29, 0.717) is 23.3 Å². The molecule has 3 nitrogen and oxygen atoms in total. The van der Waals surface area contributed by atoms with Crippen molar-refractivity contribution in [3.05, 3.63) is 57.6 Å². The molecule has 0 radical (unpaired) electrons. The highest BCUT2D eigenvalue weighted by atomic mass is 35.5. The third-order valence-electron chi connectivity index (χ3n) is 3.50. The summed E-state index contributed by atoms with van der Waals surface area (Å²) in [5, 5.41) is 4.30. The third-order valence-corrected chi connectivity index (χ3v) is 4.24. The molecular weight excluding hydrogens is 309 g/mol. The summed E-state index contributed by atoms with van der Waals surface area (Å²) >= 11 is 11.9. The van der Waals surface area contributed by atoms with Crippen molar-refractivity contribution in [3.8, 4) is 11.5 Å². The second kappa shape index (κ2) is 6.14. The smallest absolute Gasteiger partial charge is 0.127 e. The predicted molar refractivity (Wildman–Crippen MR) is 84.5 cm³/mol. The van der Waals surface area contributed by atoms with E-state index in [9.17, 15) is 0 Å². The Labute approximate surface area is 133 Å². The molecule has 1 N–H and O–H groups in total. The van der Waals surface area contributed by atoms with Crippen LogP contribution in [0.15, 0.2) is 36.4 Å². The van der Waals surface area contributed by atoms with E-state index in [1.165, 1.54) is 5.56 Å². The lowest BCUT2D eigenvalue weighted by atomic mass is 10.1. The fraction of sp³-hybridized carbons (Fsp3) is 0.250. The first kappa shape index (κ1) is 14.5. The molecule has 0 saturated heterocycles. The van der Waals surface area contributed by atoms with Crippen LogP contribution in [0.5, 0.6) is 11.5 Å². The van der Waals surface area contributed by atoms with Crippen molar-refractivity contribution in [2.24, 2.45) is 0 Å². The number of nitrogens with one attached hydrogen (secondary N) is 1. The maximum atomic E-state index is 5.99. The Balaban J connectivity index is 1.70. The van der Waals surface area contributed by atoms with Gasteiger partial charge in [-0.15, -0.1) is 0 Å². The quantitative estimate of drug-likeness (QED) is 0.913. The largest absolute Gasteiger partial charge is 0.491 e. The van der Waals surface area contributed by atoms with Crippen LogP contribution in [-0.2, 0) is 6.61 Å². The molecule has 1 aliphatic rings. The van der Waals surface area contributed by atoms with E-state index in [1.54, 1.807) is 6.07 Å². The Hall–Kier alpha value is -1.42. The number of benzene rings is 2. The minimum absolute atomic E-state index is 0.254. The van der Waals surface area contributed by atoms with Crippen molar-refractivity contribution in [2.75, 3.05) is 13.7 Å². The molecule has 1 aliphatic heterocycles. The standard InChI is InChI=1S/C16H15Cl2NO2/c1-19-15-9-21-16-7-11(3-4-12(15)16)20-8-10-2-5-13(17)14(18)6-10/h2-7,15,19H,8-9H2,1H3. The van der Waals surface area contributed by atoms with Gasteiger partial charge in [-0.1, -0.05) is 29.3 Å². The van der Waals surface area contributed by atoms with Gasteiger partial charge in [-0.25, -0.2) is 0 Å². The molecule has 0 spiro atoms. The van der Waals surface area contributed by atoms with Crippen LogP contribution in [0.3, 0.4) is 0 Å². The highest BCUT2D eigenvalue weighted by Crippen LogP contribution is 2.35. The summed E-state index contributed by atoms with van der Waals surface area (Å²) in [6, 6.07) is 11.6. The first-order chi connectivity index (χ1) is 10.2. The zero-order valence-corrected chi connectivity index (χ0v) is 13.0. The number of likely N-dealkylation sites (N-methyl/N-ethyl adjacent to an activating group) is 1. The fourth-order valence-electron chi connectivity index (χ4n) is 2.32. The fourth-order valence-corrected chi connectivity index (χ4v) is 2.64. The van der Waals surface area contributed by atoms with Gasteiger partial charge in [-0.3, -0.25) is 0 Å². The second-order valence-electron chi connectivity index (χ2n) is 4.89. The minimum Gasteiger partial charge on any atom is -0.491 e. The van der Waals surface area contributed by atoms with Crippen LogP contribution in [-0.4, -0.2) is 13.7 Å². The SMILES string of the molecule is CNC1COc2cc(OCc3ccc(Cl)c(Cl)c3)ccc21. The monoisotopic (exact) mass is 323 g/mol. The van der Waals surface area contributed by atoms with Crippen LogP contribution < -0.4 is 14.8 Å². The Bertz CT molecular complexity index is 661. The van der Waals surface area contributed by atoms with Crippen LogP contribution in [0.25, 0.3) is 0 Å². The third kappa shape index (κ3) is 3.10. The normalized spacial score (nSPS) is 16.4. The van der Waals surface area contributed by atoms with Crippen molar-refractivity contribution in [2.45, 2.75) is 12.6 Å². The maximum Gasteiger partial charge on any atom is 0.127 e. The Morgan fingerprint density at radius 2 is 2.05 bits per heavy atom. The molecule has 1 heterocycles. The van der Waals surface area contributed by atoms with Gasteiger partial charge in [0.15, 0.2) is 0 Å². The minimum atomic E-state index is 0.254. The van der Waals surface area contributed by atoms with Crippen molar-refractivity contribution >= 4 is 23.2 Å². The maximum absolute atomic E-state index is 5.99.